The van der Waals surface area contributed by atoms with Crippen LogP contribution < -0.4 is 14.7 Å². The summed E-state index contributed by atoms with van der Waals surface area (Å²) < 4.78 is 0. The van der Waals surface area contributed by atoms with E-state index >= 15 is 0 Å². The summed E-state index contributed by atoms with van der Waals surface area (Å²) >= 11 is 0. The van der Waals surface area contributed by atoms with E-state index in [-0.39, 0.29) is 0 Å². The zero-order valence-corrected chi connectivity index (χ0v) is 14.2. The first-order valence-corrected chi connectivity index (χ1v) is 7.85. The summed E-state index contributed by atoms with van der Waals surface area (Å²) in [5.41, 5.74) is 1.02. The summed E-state index contributed by atoms with van der Waals surface area (Å²) in [5, 5.41) is 0. The van der Waals surface area contributed by atoms with Gasteiger partial charge in [0.25, 0.3) is 0 Å². The second-order valence-corrected chi connectivity index (χ2v) is 6.00. The van der Waals surface area contributed by atoms with Gasteiger partial charge in [-0.05, 0) is 19.9 Å². The molecule has 2 aromatic heterocycles. The SMILES string of the molecule is Cc1cc(N2CCN(c3ccnc(N(C)C)n3)CC2)nc(C)n1. The summed E-state index contributed by atoms with van der Waals surface area (Å²) in [7, 11) is 3.91. The zero-order chi connectivity index (χ0) is 16.4. The quantitative estimate of drug-likeness (QED) is 0.846. The van der Waals surface area contributed by atoms with E-state index in [0.717, 1.165) is 55.3 Å². The van der Waals surface area contributed by atoms with Crippen molar-refractivity contribution in [3.05, 3.63) is 29.8 Å². The number of aryl methyl sites for hydroxylation is 2. The van der Waals surface area contributed by atoms with Gasteiger partial charge in [0.1, 0.15) is 17.5 Å². The van der Waals surface area contributed by atoms with Crippen molar-refractivity contribution in [3.8, 4) is 0 Å². The van der Waals surface area contributed by atoms with Gasteiger partial charge in [-0.2, -0.15) is 4.98 Å². The van der Waals surface area contributed by atoms with Gasteiger partial charge in [-0.15, -0.1) is 0 Å². The molecule has 23 heavy (non-hydrogen) atoms. The molecular formula is C16H23N7. The molecule has 0 bridgehead atoms. The largest absolute Gasteiger partial charge is 0.353 e. The van der Waals surface area contributed by atoms with Gasteiger partial charge < -0.3 is 14.7 Å². The molecule has 0 spiro atoms. The van der Waals surface area contributed by atoms with Crippen molar-refractivity contribution in [2.45, 2.75) is 13.8 Å². The third-order valence-electron chi connectivity index (χ3n) is 3.91. The molecule has 3 heterocycles. The van der Waals surface area contributed by atoms with Crippen LogP contribution in [0.4, 0.5) is 17.6 Å². The lowest BCUT2D eigenvalue weighted by Crippen LogP contribution is -2.47. The summed E-state index contributed by atoms with van der Waals surface area (Å²) in [4.78, 5) is 24.3. The fraction of sp³-hybridized carbons (Fsp3) is 0.500. The zero-order valence-electron chi connectivity index (χ0n) is 14.2. The average molecular weight is 313 g/mol. The van der Waals surface area contributed by atoms with Crippen molar-refractivity contribution in [2.75, 3.05) is 55.0 Å². The van der Waals surface area contributed by atoms with Crippen LogP contribution in [0.25, 0.3) is 0 Å². The van der Waals surface area contributed by atoms with E-state index < -0.39 is 0 Å². The highest BCUT2D eigenvalue weighted by atomic mass is 15.3. The van der Waals surface area contributed by atoms with Gasteiger partial charge in [-0.3, -0.25) is 0 Å². The number of hydrogen-bond acceptors (Lipinski definition) is 7. The normalized spacial score (nSPS) is 15.0. The fourth-order valence-corrected chi connectivity index (χ4v) is 2.75. The van der Waals surface area contributed by atoms with Crippen molar-refractivity contribution in [2.24, 2.45) is 0 Å². The number of piperazine rings is 1. The van der Waals surface area contributed by atoms with Crippen molar-refractivity contribution >= 4 is 17.6 Å². The Morgan fingerprint density at radius 3 is 2.17 bits per heavy atom. The van der Waals surface area contributed by atoms with Gasteiger partial charge in [0.05, 0.1) is 0 Å². The number of rotatable bonds is 3. The van der Waals surface area contributed by atoms with Crippen molar-refractivity contribution in [3.63, 3.8) is 0 Å². The number of anilines is 3. The molecular weight excluding hydrogens is 290 g/mol. The summed E-state index contributed by atoms with van der Waals surface area (Å²) in [5.74, 6) is 3.57. The van der Waals surface area contributed by atoms with E-state index in [1.54, 1.807) is 0 Å². The van der Waals surface area contributed by atoms with Crippen molar-refractivity contribution in [1.82, 2.24) is 19.9 Å². The average Bonchev–Trinajstić information content (AvgIpc) is 2.54. The third-order valence-corrected chi connectivity index (χ3v) is 3.91. The minimum absolute atomic E-state index is 0.743. The molecule has 0 radical (unpaired) electrons. The second-order valence-electron chi connectivity index (χ2n) is 6.00. The summed E-state index contributed by atoms with van der Waals surface area (Å²) in [6.45, 7) is 7.65. The molecule has 3 rings (SSSR count). The Hall–Kier alpha value is -2.44. The Morgan fingerprint density at radius 1 is 0.913 bits per heavy atom. The molecule has 2 aromatic rings. The first-order valence-electron chi connectivity index (χ1n) is 7.85. The molecule has 0 aromatic carbocycles. The lowest BCUT2D eigenvalue weighted by molar-refractivity contribution is 0.638. The van der Waals surface area contributed by atoms with Crippen LogP contribution in [0.1, 0.15) is 11.5 Å². The fourth-order valence-electron chi connectivity index (χ4n) is 2.75. The van der Waals surface area contributed by atoms with E-state index in [0.29, 0.717) is 0 Å². The standard InChI is InChI=1S/C16H23N7/c1-12-11-15(19-13(2)18-12)23-9-7-22(8-10-23)14-5-6-17-16(20-14)21(3)4/h5-6,11H,7-10H2,1-4H3. The molecule has 0 saturated carbocycles. The van der Waals surface area contributed by atoms with Crippen molar-refractivity contribution in [1.29, 1.82) is 0 Å². The first-order chi connectivity index (χ1) is 11.0. The molecule has 1 aliphatic rings. The third kappa shape index (κ3) is 3.49. The Morgan fingerprint density at radius 2 is 1.57 bits per heavy atom. The molecule has 0 amide bonds. The van der Waals surface area contributed by atoms with Crippen LogP contribution in [0, 0.1) is 13.8 Å². The maximum Gasteiger partial charge on any atom is 0.226 e. The minimum Gasteiger partial charge on any atom is -0.353 e. The van der Waals surface area contributed by atoms with E-state index in [9.17, 15) is 0 Å². The maximum atomic E-state index is 4.62. The molecule has 122 valence electrons. The Kier molecular flexibility index (Phi) is 4.27. The molecule has 1 aliphatic heterocycles. The van der Waals surface area contributed by atoms with E-state index in [1.807, 2.05) is 45.1 Å². The molecule has 1 fully saturated rings. The summed E-state index contributed by atoms with van der Waals surface area (Å²) in [6.07, 6.45) is 1.82. The Labute approximate surface area is 137 Å². The van der Waals surface area contributed by atoms with Crippen LogP contribution in [-0.2, 0) is 0 Å². The predicted molar refractivity (Wildman–Crippen MR) is 92.3 cm³/mol. The first kappa shape index (κ1) is 15.5. The Balaban J connectivity index is 1.69. The van der Waals surface area contributed by atoms with E-state index in [2.05, 4.69) is 35.8 Å². The van der Waals surface area contributed by atoms with Gasteiger partial charge in [0, 0.05) is 58.2 Å². The highest BCUT2D eigenvalue weighted by Gasteiger charge is 2.20. The Bertz CT molecular complexity index is 658. The van der Waals surface area contributed by atoms with Crippen LogP contribution in [0.2, 0.25) is 0 Å². The minimum atomic E-state index is 0.743. The molecule has 1 saturated heterocycles. The van der Waals surface area contributed by atoms with Gasteiger partial charge >= 0.3 is 0 Å². The van der Waals surface area contributed by atoms with Crippen molar-refractivity contribution < 1.29 is 0 Å². The predicted octanol–water partition coefficient (Wildman–Crippen LogP) is 1.28. The smallest absolute Gasteiger partial charge is 0.226 e. The van der Waals surface area contributed by atoms with Crippen LogP contribution in [0.3, 0.4) is 0 Å². The van der Waals surface area contributed by atoms with Gasteiger partial charge in [0.2, 0.25) is 5.95 Å². The lowest BCUT2D eigenvalue weighted by atomic mass is 10.3. The highest BCUT2D eigenvalue weighted by Crippen LogP contribution is 2.19. The van der Waals surface area contributed by atoms with Crippen LogP contribution in [0.5, 0.6) is 0 Å². The van der Waals surface area contributed by atoms with Crippen LogP contribution in [0.15, 0.2) is 18.3 Å². The molecule has 7 nitrogen and oxygen atoms in total. The van der Waals surface area contributed by atoms with E-state index in [1.165, 1.54) is 0 Å². The van der Waals surface area contributed by atoms with Gasteiger partial charge in [-0.25, -0.2) is 15.0 Å². The summed E-state index contributed by atoms with van der Waals surface area (Å²) in [6, 6.07) is 4.03. The molecule has 0 aliphatic carbocycles. The monoisotopic (exact) mass is 313 g/mol. The maximum absolute atomic E-state index is 4.62. The van der Waals surface area contributed by atoms with Gasteiger partial charge in [0.15, 0.2) is 0 Å². The second kappa shape index (κ2) is 6.36. The molecule has 7 heteroatoms. The topological polar surface area (TPSA) is 61.3 Å². The van der Waals surface area contributed by atoms with Crippen LogP contribution >= 0.6 is 0 Å². The number of nitrogens with zero attached hydrogens (tertiary/aromatic N) is 7. The molecule has 0 N–H and O–H groups in total. The highest BCUT2D eigenvalue weighted by molar-refractivity contribution is 5.47. The number of hydrogen-bond donors (Lipinski definition) is 0. The van der Waals surface area contributed by atoms with Crippen LogP contribution in [-0.4, -0.2) is 60.2 Å². The molecule has 0 unspecified atom stereocenters. The van der Waals surface area contributed by atoms with E-state index in [4.69, 9.17) is 0 Å². The number of aromatic nitrogens is 4. The molecule has 0 atom stereocenters. The lowest BCUT2D eigenvalue weighted by Gasteiger charge is -2.36. The van der Waals surface area contributed by atoms with Gasteiger partial charge in [-0.1, -0.05) is 0 Å².